The van der Waals surface area contributed by atoms with Crippen LogP contribution in [0, 0.1) is 11.6 Å². The zero-order chi connectivity index (χ0) is 9.35. The predicted molar refractivity (Wildman–Crippen MR) is 47.3 cm³/mol. The molecule has 0 unspecified atom stereocenters. The summed E-state index contributed by atoms with van der Waals surface area (Å²) in [7, 11) is -3.21. The molecule has 0 radical (unpaired) electrons. The van der Waals surface area contributed by atoms with Gasteiger partial charge >= 0.3 is 0 Å². The van der Waals surface area contributed by atoms with Crippen LogP contribution in [-0.2, 0) is 9.84 Å². The molecule has 1 aromatic heterocycles. The van der Waals surface area contributed by atoms with Crippen molar-refractivity contribution in [3.63, 3.8) is 0 Å². The van der Waals surface area contributed by atoms with Gasteiger partial charge in [-0.1, -0.05) is 12.2 Å². The van der Waals surface area contributed by atoms with Crippen LogP contribution in [0.4, 0.5) is 0 Å². The van der Waals surface area contributed by atoms with Crippen molar-refractivity contribution in [3.05, 3.63) is 16.5 Å². The van der Waals surface area contributed by atoms with Crippen LogP contribution in [0.25, 0.3) is 0 Å². The van der Waals surface area contributed by atoms with Gasteiger partial charge in [-0.2, -0.15) is 0 Å². The fourth-order valence-electron chi connectivity index (χ4n) is 0.752. The number of sulfone groups is 1. The van der Waals surface area contributed by atoms with Gasteiger partial charge in [-0.3, -0.25) is 0 Å². The smallest absolute Gasteiger partial charge is 0.190 e. The SMILES string of the molecule is Cc1nc(=S)cc(S(C)(=O)=O)[nH]1. The van der Waals surface area contributed by atoms with E-state index in [2.05, 4.69) is 9.97 Å². The third-order valence-corrected chi connectivity index (χ3v) is 2.46. The van der Waals surface area contributed by atoms with Crippen LogP contribution in [0.15, 0.2) is 11.1 Å². The maximum atomic E-state index is 11.0. The lowest BCUT2D eigenvalue weighted by atomic mass is 10.6. The van der Waals surface area contributed by atoms with Crippen molar-refractivity contribution in [2.45, 2.75) is 11.9 Å². The highest BCUT2D eigenvalue weighted by molar-refractivity contribution is 7.90. The minimum Gasteiger partial charge on any atom is -0.335 e. The molecule has 1 rings (SSSR count). The van der Waals surface area contributed by atoms with E-state index in [9.17, 15) is 8.42 Å². The van der Waals surface area contributed by atoms with Gasteiger partial charge in [-0.05, 0) is 6.92 Å². The second kappa shape index (κ2) is 2.95. The van der Waals surface area contributed by atoms with Gasteiger partial charge in [-0.25, -0.2) is 13.4 Å². The maximum Gasteiger partial charge on any atom is 0.190 e. The first-order chi connectivity index (χ1) is 5.39. The fraction of sp³-hybridized carbons (Fsp3) is 0.333. The molecular weight excluding hydrogens is 196 g/mol. The highest BCUT2D eigenvalue weighted by atomic mass is 32.2. The topological polar surface area (TPSA) is 62.8 Å². The summed E-state index contributed by atoms with van der Waals surface area (Å²) >= 11 is 4.76. The Bertz CT molecular complexity index is 447. The van der Waals surface area contributed by atoms with E-state index in [0.717, 1.165) is 6.26 Å². The first-order valence-electron chi connectivity index (χ1n) is 3.17. The van der Waals surface area contributed by atoms with E-state index in [4.69, 9.17) is 12.2 Å². The molecule has 12 heavy (non-hydrogen) atoms. The van der Waals surface area contributed by atoms with Gasteiger partial charge in [0, 0.05) is 12.3 Å². The second-order valence-electron chi connectivity index (χ2n) is 2.44. The molecule has 66 valence electrons. The number of aromatic amines is 1. The number of aromatic nitrogens is 2. The van der Waals surface area contributed by atoms with Gasteiger partial charge in [0.05, 0.1) is 0 Å². The van der Waals surface area contributed by atoms with Gasteiger partial charge in [0.25, 0.3) is 0 Å². The van der Waals surface area contributed by atoms with Gasteiger partial charge in [-0.15, -0.1) is 0 Å². The van der Waals surface area contributed by atoms with E-state index in [-0.39, 0.29) is 9.67 Å². The summed E-state index contributed by atoms with van der Waals surface area (Å²) < 4.78 is 22.3. The van der Waals surface area contributed by atoms with Crippen molar-refractivity contribution in [1.29, 1.82) is 0 Å². The Kier molecular flexibility index (Phi) is 2.29. The Morgan fingerprint density at radius 1 is 1.58 bits per heavy atom. The zero-order valence-corrected chi connectivity index (χ0v) is 8.29. The Morgan fingerprint density at radius 3 is 2.58 bits per heavy atom. The Balaban J connectivity index is 3.48. The molecule has 0 bridgehead atoms. The summed E-state index contributed by atoms with van der Waals surface area (Å²) in [5.74, 6) is 0.503. The van der Waals surface area contributed by atoms with Crippen LogP contribution < -0.4 is 0 Å². The van der Waals surface area contributed by atoms with Gasteiger partial charge < -0.3 is 4.98 Å². The molecule has 0 atom stereocenters. The van der Waals surface area contributed by atoms with Crippen molar-refractivity contribution >= 4 is 22.1 Å². The van der Waals surface area contributed by atoms with Crippen LogP contribution >= 0.6 is 12.2 Å². The van der Waals surface area contributed by atoms with Crippen molar-refractivity contribution < 1.29 is 8.42 Å². The highest BCUT2D eigenvalue weighted by Gasteiger charge is 2.07. The summed E-state index contributed by atoms with van der Waals surface area (Å²) in [5, 5.41) is 0.111. The molecule has 0 aromatic carbocycles. The molecule has 0 spiro atoms. The molecule has 4 nitrogen and oxygen atoms in total. The Labute approximate surface area is 75.6 Å². The maximum absolute atomic E-state index is 11.0. The minimum absolute atomic E-state index is 0.111. The monoisotopic (exact) mass is 204 g/mol. The average molecular weight is 204 g/mol. The number of nitrogens with one attached hydrogen (secondary N) is 1. The van der Waals surface area contributed by atoms with E-state index >= 15 is 0 Å². The van der Waals surface area contributed by atoms with Gasteiger partial charge in [0.15, 0.2) is 9.84 Å². The standard InChI is InChI=1S/C6H8N2O2S2/c1-4-7-5(11)3-6(8-4)12(2,9)10/h3H,1-2H3,(H,7,8,11). The molecule has 1 aromatic rings. The number of rotatable bonds is 1. The van der Waals surface area contributed by atoms with Crippen LogP contribution in [0.1, 0.15) is 5.82 Å². The lowest BCUT2D eigenvalue weighted by Gasteiger charge is -1.98. The van der Waals surface area contributed by atoms with E-state index in [1.807, 2.05) is 0 Å². The van der Waals surface area contributed by atoms with E-state index in [1.54, 1.807) is 6.92 Å². The predicted octanol–water partition coefficient (Wildman–Crippen LogP) is 0.851. The van der Waals surface area contributed by atoms with Crippen molar-refractivity contribution in [2.75, 3.05) is 6.26 Å². The molecule has 1 N–H and O–H groups in total. The quantitative estimate of drug-likeness (QED) is 0.544. The number of aryl methyl sites for hydroxylation is 1. The third-order valence-electron chi connectivity index (χ3n) is 1.24. The van der Waals surface area contributed by atoms with Crippen molar-refractivity contribution in [1.82, 2.24) is 9.97 Å². The second-order valence-corrected chi connectivity index (χ2v) is 4.84. The lowest BCUT2D eigenvalue weighted by Crippen LogP contribution is -2.02. The summed E-state index contributed by atoms with van der Waals surface area (Å²) in [4.78, 5) is 6.46. The molecule has 0 aliphatic heterocycles. The lowest BCUT2D eigenvalue weighted by molar-refractivity contribution is 0.597. The van der Waals surface area contributed by atoms with Crippen LogP contribution in [0.5, 0.6) is 0 Å². The number of H-pyrrole nitrogens is 1. The molecule has 0 aliphatic carbocycles. The molecule has 0 aliphatic rings. The normalized spacial score (nSPS) is 11.5. The van der Waals surface area contributed by atoms with Gasteiger partial charge in [0.1, 0.15) is 15.5 Å². The largest absolute Gasteiger partial charge is 0.335 e. The summed E-state index contributed by atoms with van der Waals surface area (Å²) in [6.07, 6.45) is 1.12. The van der Waals surface area contributed by atoms with Crippen molar-refractivity contribution in [3.8, 4) is 0 Å². The third kappa shape index (κ3) is 2.12. The molecule has 0 saturated carbocycles. The molecule has 0 fully saturated rings. The first-order valence-corrected chi connectivity index (χ1v) is 5.47. The van der Waals surface area contributed by atoms with Crippen LogP contribution in [0.3, 0.4) is 0 Å². The highest BCUT2D eigenvalue weighted by Crippen LogP contribution is 2.04. The molecule has 1 heterocycles. The van der Waals surface area contributed by atoms with Crippen LogP contribution in [0.2, 0.25) is 0 Å². The average Bonchev–Trinajstić information content (AvgIpc) is 1.82. The molecule has 6 heteroatoms. The molecule has 0 saturated heterocycles. The summed E-state index contributed by atoms with van der Waals surface area (Å²) in [6.45, 7) is 1.66. The van der Waals surface area contributed by atoms with E-state index in [1.165, 1.54) is 6.07 Å². The summed E-state index contributed by atoms with van der Waals surface area (Å²) in [5.41, 5.74) is 0. The van der Waals surface area contributed by atoms with E-state index in [0.29, 0.717) is 5.82 Å². The number of hydrogen-bond donors (Lipinski definition) is 1. The minimum atomic E-state index is -3.21. The Hall–Kier alpha value is -0.750. The summed E-state index contributed by atoms with van der Waals surface area (Å²) in [6, 6.07) is 1.33. The Morgan fingerprint density at radius 2 is 2.17 bits per heavy atom. The number of nitrogens with zero attached hydrogens (tertiary/aromatic N) is 1. The first kappa shape index (κ1) is 9.34. The van der Waals surface area contributed by atoms with Crippen molar-refractivity contribution in [2.24, 2.45) is 0 Å². The van der Waals surface area contributed by atoms with E-state index < -0.39 is 9.84 Å². The van der Waals surface area contributed by atoms with Crippen LogP contribution in [-0.4, -0.2) is 24.6 Å². The van der Waals surface area contributed by atoms with Gasteiger partial charge in [0.2, 0.25) is 0 Å². The molecule has 0 amide bonds. The fourth-order valence-corrected chi connectivity index (χ4v) is 1.74. The number of hydrogen-bond acceptors (Lipinski definition) is 4. The molecular formula is C6H8N2O2S2. The zero-order valence-electron chi connectivity index (χ0n) is 6.66.